The molecule has 0 aromatic heterocycles. The summed E-state index contributed by atoms with van der Waals surface area (Å²) in [5, 5.41) is 0. The molecule has 1 nitrogen and oxygen atoms in total. The van der Waals surface area contributed by atoms with Gasteiger partial charge in [-0.1, -0.05) is 25.7 Å². The second-order valence-corrected chi connectivity index (χ2v) is 3.10. The Bertz CT molecular complexity index is 223. The predicted molar refractivity (Wildman–Crippen MR) is 53.9 cm³/mol. The molecule has 0 N–H and O–H groups in total. The first kappa shape index (κ1) is 9.11. The zero-order valence-corrected chi connectivity index (χ0v) is 8.01. The first-order chi connectivity index (χ1) is 5.79. The molecule has 1 heterocycles. The summed E-state index contributed by atoms with van der Waals surface area (Å²) in [6.45, 7) is 7.10. The summed E-state index contributed by atoms with van der Waals surface area (Å²) in [5.41, 5.74) is 2.72. The minimum atomic E-state index is 1.11. The minimum Gasteiger partial charge on any atom is -0.374 e. The fourth-order valence-electron chi connectivity index (χ4n) is 1.50. The van der Waals surface area contributed by atoms with Crippen LogP contribution in [0.1, 0.15) is 19.8 Å². The van der Waals surface area contributed by atoms with Crippen molar-refractivity contribution in [1.29, 1.82) is 0 Å². The molecule has 0 unspecified atom stereocenters. The fourth-order valence-corrected chi connectivity index (χ4v) is 1.50. The second-order valence-electron chi connectivity index (χ2n) is 3.10. The van der Waals surface area contributed by atoms with Crippen LogP contribution in [0.2, 0.25) is 0 Å². The summed E-state index contributed by atoms with van der Waals surface area (Å²) >= 11 is 0. The lowest BCUT2D eigenvalue weighted by Crippen LogP contribution is -2.10. The van der Waals surface area contributed by atoms with Gasteiger partial charge in [-0.15, -0.1) is 0 Å². The van der Waals surface area contributed by atoms with Crippen LogP contribution >= 0.6 is 0 Å². The van der Waals surface area contributed by atoms with Crippen LogP contribution in [-0.4, -0.2) is 18.5 Å². The first-order valence-corrected chi connectivity index (χ1v) is 4.52. The highest BCUT2D eigenvalue weighted by atomic mass is 15.1. The van der Waals surface area contributed by atoms with E-state index in [4.69, 9.17) is 0 Å². The van der Waals surface area contributed by atoms with Gasteiger partial charge in [-0.2, -0.15) is 0 Å². The Morgan fingerprint density at radius 1 is 1.58 bits per heavy atom. The van der Waals surface area contributed by atoms with Gasteiger partial charge in [0.25, 0.3) is 0 Å². The fraction of sp³-hybridized carbons (Fsp3) is 0.455. The van der Waals surface area contributed by atoms with Crippen LogP contribution in [0.4, 0.5) is 0 Å². The number of hydrogen-bond donors (Lipinski definition) is 0. The highest BCUT2D eigenvalue weighted by Gasteiger charge is 2.13. The Labute approximate surface area is 75.1 Å². The Hall–Kier alpha value is -0.980. The molecule has 0 saturated heterocycles. The lowest BCUT2D eigenvalue weighted by molar-refractivity contribution is 0.472. The number of rotatable bonds is 3. The third-order valence-corrected chi connectivity index (χ3v) is 2.20. The van der Waals surface area contributed by atoms with Crippen molar-refractivity contribution >= 4 is 0 Å². The molecule has 12 heavy (non-hydrogen) atoms. The normalized spacial score (nSPS) is 18.0. The van der Waals surface area contributed by atoms with E-state index in [1.165, 1.54) is 11.3 Å². The van der Waals surface area contributed by atoms with Gasteiger partial charge in [-0.25, -0.2) is 0 Å². The molecular formula is C11H17N. The van der Waals surface area contributed by atoms with Gasteiger partial charge in [0.2, 0.25) is 0 Å². The molecule has 0 radical (unpaired) electrons. The highest BCUT2D eigenvalue weighted by Crippen LogP contribution is 2.22. The zero-order chi connectivity index (χ0) is 8.97. The van der Waals surface area contributed by atoms with Gasteiger partial charge < -0.3 is 4.90 Å². The maximum Gasteiger partial charge on any atom is 0.0390 e. The van der Waals surface area contributed by atoms with Gasteiger partial charge in [0.1, 0.15) is 0 Å². The molecule has 66 valence electrons. The molecule has 1 aliphatic rings. The van der Waals surface area contributed by atoms with Crippen LogP contribution in [0.15, 0.2) is 36.1 Å². The van der Waals surface area contributed by atoms with Gasteiger partial charge in [0, 0.05) is 19.3 Å². The third-order valence-electron chi connectivity index (χ3n) is 2.20. The molecule has 0 spiro atoms. The van der Waals surface area contributed by atoms with Crippen molar-refractivity contribution in [3.8, 4) is 0 Å². The molecule has 1 rings (SSSR count). The van der Waals surface area contributed by atoms with Crippen LogP contribution in [0.3, 0.4) is 0 Å². The number of hydrogen-bond acceptors (Lipinski definition) is 1. The Balaban J connectivity index is 2.78. The monoisotopic (exact) mass is 163 g/mol. The molecule has 0 aromatic carbocycles. The zero-order valence-electron chi connectivity index (χ0n) is 8.01. The smallest absolute Gasteiger partial charge is 0.0390 e. The van der Waals surface area contributed by atoms with E-state index in [2.05, 4.69) is 37.6 Å². The van der Waals surface area contributed by atoms with Crippen molar-refractivity contribution < 1.29 is 0 Å². The van der Waals surface area contributed by atoms with Crippen LogP contribution in [-0.2, 0) is 0 Å². The number of nitrogens with zero attached hydrogens (tertiary/aromatic N) is 1. The van der Waals surface area contributed by atoms with Crippen molar-refractivity contribution in [1.82, 2.24) is 4.90 Å². The molecule has 0 bridgehead atoms. The SMILES string of the molecule is C=CC1=C(/C=C\CC)CCN1C. The predicted octanol–water partition coefficient (Wildman–Crippen LogP) is 2.73. The Morgan fingerprint density at radius 2 is 2.33 bits per heavy atom. The summed E-state index contributed by atoms with van der Waals surface area (Å²) in [5.74, 6) is 0. The molecule has 0 saturated carbocycles. The molecule has 0 amide bonds. The molecule has 0 aliphatic carbocycles. The summed E-state index contributed by atoms with van der Waals surface area (Å²) < 4.78 is 0. The van der Waals surface area contributed by atoms with Gasteiger partial charge in [0.15, 0.2) is 0 Å². The molecule has 1 aliphatic heterocycles. The van der Waals surface area contributed by atoms with Crippen LogP contribution in [0.25, 0.3) is 0 Å². The summed E-state index contributed by atoms with van der Waals surface area (Å²) in [6.07, 6.45) is 8.65. The first-order valence-electron chi connectivity index (χ1n) is 4.52. The summed E-state index contributed by atoms with van der Waals surface area (Å²) in [7, 11) is 2.11. The van der Waals surface area contributed by atoms with Gasteiger partial charge in [0.05, 0.1) is 0 Å². The van der Waals surface area contributed by atoms with E-state index in [0.717, 1.165) is 19.4 Å². The van der Waals surface area contributed by atoms with E-state index in [1.54, 1.807) is 0 Å². The van der Waals surface area contributed by atoms with E-state index in [-0.39, 0.29) is 0 Å². The lowest BCUT2D eigenvalue weighted by atomic mass is 10.1. The number of allylic oxidation sites excluding steroid dienone is 3. The molecule has 1 heteroatoms. The van der Waals surface area contributed by atoms with Crippen LogP contribution in [0, 0.1) is 0 Å². The summed E-state index contributed by atoms with van der Waals surface area (Å²) in [6, 6.07) is 0. The van der Waals surface area contributed by atoms with E-state index in [9.17, 15) is 0 Å². The van der Waals surface area contributed by atoms with Gasteiger partial charge >= 0.3 is 0 Å². The molecule has 0 fully saturated rings. The van der Waals surface area contributed by atoms with E-state index in [1.807, 2.05) is 6.08 Å². The van der Waals surface area contributed by atoms with E-state index < -0.39 is 0 Å². The lowest BCUT2D eigenvalue weighted by Gasteiger charge is -2.11. The van der Waals surface area contributed by atoms with Gasteiger partial charge in [-0.3, -0.25) is 0 Å². The van der Waals surface area contributed by atoms with Crippen LogP contribution < -0.4 is 0 Å². The largest absolute Gasteiger partial charge is 0.374 e. The van der Waals surface area contributed by atoms with Crippen molar-refractivity contribution in [3.63, 3.8) is 0 Å². The van der Waals surface area contributed by atoms with E-state index >= 15 is 0 Å². The minimum absolute atomic E-state index is 1.11. The average molecular weight is 163 g/mol. The maximum absolute atomic E-state index is 3.82. The highest BCUT2D eigenvalue weighted by molar-refractivity contribution is 5.34. The quantitative estimate of drug-likeness (QED) is 0.618. The van der Waals surface area contributed by atoms with Crippen molar-refractivity contribution in [2.45, 2.75) is 19.8 Å². The van der Waals surface area contributed by atoms with Crippen LogP contribution in [0.5, 0.6) is 0 Å². The molecular weight excluding hydrogens is 146 g/mol. The third kappa shape index (κ3) is 1.79. The average Bonchev–Trinajstić information content (AvgIpc) is 2.43. The van der Waals surface area contributed by atoms with E-state index in [0.29, 0.717) is 0 Å². The second kappa shape index (κ2) is 4.15. The number of likely N-dealkylation sites (N-methyl/N-ethyl adjacent to an activating group) is 1. The topological polar surface area (TPSA) is 3.24 Å². The summed E-state index contributed by atoms with van der Waals surface area (Å²) in [4.78, 5) is 2.25. The van der Waals surface area contributed by atoms with Crippen molar-refractivity contribution in [2.24, 2.45) is 0 Å². The maximum atomic E-state index is 3.82. The molecule has 0 aromatic rings. The van der Waals surface area contributed by atoms with Crippen molar-refractivity contribution in [3.05, 3.63) is 36.1 Å². The molecule has 0 atom stereocenters. The Kier molecular flexibility index (Phi) is 3.15. The Morgan fingerprint density at radius 3 is 2.92 bits per heavy atom. The van der Waals surface area contributed by atoms with Gasteiger partial charge in [-0.05, 0) is 24.5 Å². The van der Waals surface area contributed by atoms with Crippen molar-refractivity contribution in [2.75, 3.05) is 13.6 Å². The standard InChI is InChI=1S/C11H17N/c1-4-6-7-10-8-9-12(3)11(10)5-2/h5-7H,2,4,8-9H2,1,3H3/b7-6-.